The molecule has 7 nitrogen and oxygen atoms in total. The van der Waals surface area contributed by atoms with Gasteiger partial charge in [0.15, 0.2) is 5.58 Å². The van der Waals surface area contributed by atoms with E-state index in [2.05, 4.69) is 15.0 Å². The molecule has 0 aliphatic heterocycles. The van der Waals surface area contributed by atoms with E-state index in [0.29, 0.717) is 16.8 Å². The van der Waals surface area contributed by atoms with Crippen molar-refractivity contribution in [3.8, 4) is 12.1 Å². The van der Waals surface area contributed by atoms with Crippen LogP contribution in [0, 0.1) is 22.7 Å². The van der Waals surface area contributed by atoms with E-state index in [9.17, 15) is 4.79 Å². The number of rotatable bonds is 3. The SMILES string of the molecule is COC(=O)c1nc2cc(NC=C(C#N)C#N)ccc2o1. The van der Waals surface area contributed by atoms with Gasteiger partial charge in [-0.25, -0.2) is 9.78 Å². The minimum absolute atomic E-state index is 0.0551. The lowest BCUT2D eigenvalue weighted by atomic mass is 10.3. The van der Waals surface area contributed by atoms with Gasteiger partial charge in [-0.05, 0) is 18.2 Å². The minimum Gasteiger partial charge on any atom is -0.462 e. The normalized spacial score (nSPS) is 9.35. The van der Waals surface area contributed by atoms with Gasteiger partial charge in [-0.2, -0.15) is 10.5 Å². The second kappa shape index (κ2) is 5.55. The summed E-state index contributed by atoms with van der Waals surface area (Å²) in [6.07, 6.45) is 1.28. The van der Waals surface area contributed by atoms with Gasteiger partial charge in [0.1, 0.15) is 23.2 Å². The number of fused-ring (bicyclic) bond motifs is 1. The number of methoxy groups -OCH3 is 1. The fraction of sp³-hybridized carbons (Fsp3) is 0.0769. The molecule has 0 saturated heterocycles. The first kappa shape index (κ1) is 13.1. The highest BCUT2D eigenvalue weighted by Gasteiger charge is 2.14. The van der Waals surface area contributed by atoms with Crippen molar-refractivity contribution in [1.29, 1.82) is 10.5 Å². The number of hydrogen-bond donors (Lipinski definition) is 1. The number of nitrogens with zero attached hydrogens (tertiary/aromatic N) is 3. The molecule has 0 atom stereocenters. The number of carbonyl (C=O) groups is 1. The number of anilines is 1. The van der Waals surface area contributed by atoms with Gasteiger partial charge in [-0.1, -0.05) is 0 Å². The molecule has 0 radical (unpaired) electrons. The van der Waals surface area contributed by atoms with Gasteiger partial charge in [0.2, 0.25) is 0 Å². The van der Waals surface area contributed by atoms with E-state index in [0.717, 1.165) is 0 Å². The van der Waals surface area contributed by atoms with Crippen molar-refractivity contribution in [1.82, 2.24) is 4.98 Å². The first-order valence-corrected chi connectivity index (χ1v) is 5.43. The summed E-state index contributed by atoms with van der Waals surface area (Å²) in [5.74, 6) is -0.795. The molecular weight excluding hydrogens is 260 g/mol. The molecule has 2 aromatic rings. The van der Waals surface area contributed by atoms with Crippen LogP contribution in [0.2, 0.25) is 0 Å². The maximum Gasteiger partial charge on any atom is 0.394 e. The molecule has 1 aromatic carbocycles. The molecule has 0 unspecified atom stereocenters. The van der Waals surface area contributed by atoms with E-state index < -0.39 is 5.97 Å². The molecule has 1 aromatic heterocycles. The zero-order chi connectivity index (χ0) is 14.5. The topological polar surface area (TPSA) is 112 Å². The van der Waals surface area contributed by atoms with Crippen molar-refractivity contribution >= 4 is 22.8 Å². The summed E-state index contributed by atoms with van der Waals surface area (Å²) in [5.41, 5.74) is 1.44. The van der Waals surface area contributed by atoms with Crippen LogP contribution in [0.4, 0.5) is 5.69 Å². The van der Waals surface area contributed by atoms with Gasteiger partial charge in [0.05, 0.1) is 7.11 Å². The fourth-order valence-corrected chi connectivity index (χ4v) is 1.44. The Morgan fingerprint density at radius 3 is 2.85 bits per heavy atom. The third kappa shape index (κ3) is 2.57. The van der Waals surface area contributed by atoms with Gasteiger partial charge in [-0.3, -0.25) is 0 Å². The largest absolute Gasteiger partial charge is 0.462 e. The molecule has 0 aliphatic rings. The molecule has 20 heavy (non-hydrogen) atoms. The summed E-state index contributed by atoms with van der Waals surface area (Å²) in [6.45, 7) is 0. The zero-order valence-electron chi connectivity index (χ0n) is 10.4. The molecule has 0 aliphatic carbocycles. The number of carbonyl (C=O) groups excluding carboxylic acids is 1. The Balaban J connectivity index is 2.30. The number of hydrogen-bond acceptors (Lipinski definition) is 7. The predicted octanol–water partition coefficient (Wildman–Crippen LogP) is 1.96. The third-order valence-electron chi connectivity index (χ3n) is 2.37. The number of oxazole rings is 1. The lowest BCUT2D eigenvalue weighted by molar-refractivity contribution is 0.0558. The monoisotopic (exact) mass is 268 g/mol. The summed E-state index contributed by atoms with van der Waals surface area (Å²) in [5, 5.41) is 20.0. The van der Waals surface area contributed by atoms with Crippen LogP contribution in [0.15, 0.2) is 34.4 Å². The fourth-order valence-electron chi connectivity index (χ4n) is 1.44. The van der Waals surface area contributed by atoms with Crippen LogP contribution in [-0.4, -0.2) is 18.1 Å². The van der Waals surface area contributed by atoms with Gasteiger partial charge in [-0.15, -0.1) is 0 Å². The number of allylic oxidation sites excluding steroid dienone is 1. The molecular formula is C13H8N4O3. The number of nitriles is 2. The van der Waals surface area contributed by atoms with Crippen LogP contribution in [0.25, 0.3) is 11.1 Å². The first-order chi connectivity index (χ1) is 9.67. The van der Waals surface area contributed by atoms with Gasteiger partial charge < -0.3 is 14.5 Å². The molecule has 2 rings (SSSR count). The Morgan fingerprint density at radius 1 is 1.45 bits per heavy atom. The Morgan fingerprint density at radius 2 is 2.20 bits per heavy atom. The molecule has 1 N–H and O–H groups in total. The highest BCUT2D eigenvalue weighted by Crippen LogP contribution is 2.20. The Hall–Kier alpha value is -3.32. The maximum absolute atomic E-state index is 11.3. The Bertz CT molecular complexity index is 761. The zero-order valence-corrected chi connectivity index (χ0v) is 10.4. The molecule has 0 fully saturated rings. The second-order valence-electron chi connectivity index (χ2n) is 3.62. The van der Waals surface area contributed by atoms with Gasteiger partial charge >= 0.3 is 11.9 Å². The second-order valence-corrected chi connectivity index (χ2v) is 3.62. The lowest BCUT2D eigenvalue weighted by Gasteiger charge is -1.98. The van der Waals surface area contributed by atoms with Crippen molar-refractivity contribution in [3.63, 3.8) is 0 Å². The quantitative estimate of drug-likeness (QED) is 0.668. The molecule has 1 heterocycles. The van der Waals surface area contributed by atoms with Crippen molar-refractivity contribution in [3.05, 3.63) is 35.9 Å². The molecule has 98 valence electrons. The van der Waals surface area contributed by atoms with E-state index in [1.807, 2.05) is 0 Å². The summed E-state index contributed by atoms with van der Waals surface area (Å²) < 4.78 is 9.72. The van der Waals surface area contributed by atoms with E-state index in [1.54, 1.807) is 30.3 Å². The average Bonchev–Trinajstić information content (AvgIpc) is 2.90. The average molecular weight is 268 g/mol. The predicted molar refractivity (Wildman–Crippen MR) is 68.3 cm³/mol. The molecule has 0 saturated carbocycles. The summed E-state index contributed by atoms with van der Waals surface area (Å²) in [6, 6.07) is 8.35. The van der Waals surface area contributed by atoms with E-state index >= 15 is 0 Å². The van der Waals surface area contributed by atoms with E-state index in [-0.39, 0.29) is 11.5 Å². The van der Waals surface area contributed by atoms with Crippen molar-refractivity contribution in [2.75, 3.05) is 12.4 Å². The molecule has 0 spiro atoms. The van der Waals surface area contributed by atoms with Crippen LogP contribution in [0.3, 0.4) is 0 Å². The Labute approximate surface area is 113 Å². The number of ether oxygens (including phenoxy) is 1. The first-order valence-electron chi connectivity index (χ1n) is 5.43. The Kier molecular flexibility index (Phi) is 3.64. The lowest BCUT2D eigenvalue weighted by Crippen LogP contribution is -2.00. The van der Waals surface area contributed by atoms with E-state index in [4.69, 9.17) is 14.9 Å². The van der Waals surface area contributed by atoms with E-state index in [1.165, 1.54) is 13.3 Å². The van der Waals surface area contributed by atoms with Crippen LogP contribution >= 0.6 is 0 Å². The van der Waals surface area contributed by atoms with Crippen molar-refractivity contribution in [2.24, 2.45) is 0 Å². The summed E-state index contributed by atoms with van der Waals surface area (Å²) in [7, 11) is 1.24. The number of aromatic nitrogens is 1. The standard InChI is InChI=1S/C13H8N4O3/c1-19-13(18)12-17-10-4-9(2-3-11(10)20-12)16-7-8(5-14)6-15/h2-4,7,16H,1H3. The summed E-state index contributed by atoms with van der Waals surface area (Å²) >= 11 is 0. The highest BCUT2D eigenvalue weighted by molar-refractivity contribution is 5.88. The smallest absolute Gasteiger partial charge is 0.394 e. The third-order valence-corrected chi connectivity index (χ3v) is 2.37. The molecule has 0 amide bonds. The van der Waals surface area contributed by atoms with Crippen molar-refractivity contribution < 1.29 is 13.9 Å². The van der Waals surface area contributed by atoms with Gasteiger partial charge in [0.25, 0.3) is 0 Å². The number of esters is 1. The van der Waals surface area contributed by atoms with Gasteiger partial charge in [0, 0.05) is 11.9 Å². The van der Waals surface area contributed by atoms with Crippen LogP contribution in [0.1, 0.15) is 10.7 Å². The number of benzene rings is 1. The highest BCUT2D eigenvalue weighted by atomic mass is 16.5. The van der Waals surface area contributed by atoms with Crippen LogP contribution in [0.5, 0.6) is 0 Å². The molecule has 0 bridgehead atoms. The minimum atomic E-state index is -0.660. The number of nitrogens with one attached hydrogen (secondary N) is 1. The summed E-state index contributed by atoms with van der Waals surface area (Å²) in [4.78, 5) is 15.3. The van der Waals surface area contributed by atoms with Crippen molar-refractivity contribution in [2.45, 2.75) is 0 Å². The molecule has 7 heteroatoms. The van der Waals surface area contributed by atoms with Crippen LogP contribution < -0.4 is 5.32 Å². The maximum atomic E-state index is 11.3. The van der Waals surface area contributed by atoms with Crippen LogP contribution in [-0.2, 0) is 4.74 Å².